The fourth-order valence-corrected chi connectivity index (χ4v) is 2.13. The van der Waals surface area contributed by atoms with Crippen LogP contribution in [-0.4, -0.2) is 29.7 Å². The molecule has 0 aliphatic heterocycles. The lowest BCUT2D eigenvalue weighted by Crippen LogP contribution is -2.09. The molecule has 0 aliphatic carbocycles. The summed E-state index contributed by atoms with van der Waals surface area (Å²) in [6.45, 7) is 0. The first-order chi connectivity index (χ1) is 10.1. The van der Waals surface area contributed by atoms with Gasteiger partial charge in [-0.3, -0.25) is 0 Å². The molecule has 0 amide bonds. The molecule has 2 heterocycles. The molecule has 0 saturated heterocycles. The summed E-state index contributed by atoms with van der Waals surface area (Å²) in [6, 6.07) is 4.99. The number of nitrogens with zero attached hydrogens (tertiary/aromatic N) is 6. The van der Waals surface area contributed by atoms with Crippen molar-refractivity contribution < 1.29 is 0 Å². The molecule has 3 aromatic rings. The number of nitrogen functional groups attached to an aromatic ring is 1. The van der Waals surface area contributed by atoms with E-state index in [1.807, 2.05) is 0 Å². The van der Waals surface area contributed by atoms with Crippen molar-refractivity contribution in [2.24, 2.45) is 0 Å². The molecule has 0 atom stereocenters. The number of benzene rings is 1. The number of aromatic nitrogens is 6. The van der Waals surface area contributed by atoms with Crippen LogP contribution in [0.1, 0.15) is 0 Å². The lowest BCUT2D eigenvalue weighted by atomic mass is 10.3. The van der Waals surface area contributed by atoms with Gasteiger partial charge in [-0.2, -0.15) is 24.7 Å². The molecule has 0 aliphatic rings. The Morgan fingerprint density at radius 1 is 1.05 bits per heavy atom. The van der Waals surface area contributed by atoms with Crippen molar-refractivity contribution in [1.29, 1.82) is 0 Å². The Bertz CT molecular complexity index is 754. The van der Waals surface area contributed by atoms with Crippen molar-refractivity contribution in [3.8, 4) is 5.95 Å². The van der Waals surface area contributed by atoms with E-state index >= 15 is 0 Å². The molecule has 106 valence electrons. The molecule has 0 fully saturated rings. The summed E-state index contributed by atoms with van der Waals surface area (Å²) < 4.78 is 1.37. The maximum Gasteiger partial charge on any atom is 0.258 e. The maximum absolute atomic E-state index is 5.94. The van der Waals surface area contributed by atoms with Crippen LogP contribution < -0.4 is 11.1 Å². The number of halogens is 2. The van der Waals surface area contributed by atoms with Gasteiger partial charge in [0.2, 0.25) is 11.9 Å². The van der Waals surface area contributed by atoms with E-state index in [0.717, 1.165) is 0 Å². The van der Waals surface area contributed by atoms with Gasteiger partial charge >= 0.3 is 0 Å². The molecule has 0 bridgehead atoms. The SMILES string of the molecule is Nc1nc(Nc2cc(Cl)cc(Cl)c2)nc(-n2cncn2)n1. The van der Waals surface area contributed by atoms with Gasteiger partial charge in [0.05, 0.1) is 0 Å². The third-order valence-electron chi connectivity index (χ3n) is 2.38. The monoisotopic (exact) mass is 322 g/mol. The molecule has 1 aromatic carbocycles. The van der Waals surface area contributed by atoms with Gasteiger partial charge in [-0.15, -0.1) is 0 Å². The molecule has 0 unspecified atom stereocenters. The van der Waals surface area contributed by atoms with Crippen LogP contribution >= 0.6 is 23.2 Å². The minimum Gasteiger partial charge on any atom is -0.368 e. The molecular formula is C11H8Cl2N8. The first-order valence-electron chi connectivity index (χ1n) is 5.70. The molecule has 8 nitrogen and oxygen atoms in total. The molecule has 3 rings (SSSR count). The smallest absolute Gasteiger partial charge is 0.258 e. The Morgan fingerprint density at radius 3 is 2.48 bits per heavy atom. The number of rotatable bonds is 3. The van der Waals surface area contributed by atoms with E-state index in [1.165, 1.54) is 17.3 Å². The zero-order valence-electron chi connectivity index (χ0n) is 10.4. The summed E-state index contributed by atoms with van der Waals surface area (Å²) in [5.41, 5.74) is 6.29. The lowest BCUT2D eigenvalue weighted by molar-refractivity contribution is 0.800. The number of hydrogen-bond donors (Lipinski definition) is 2. The topological polar surface area (TPSA) is 107 Å². The maximum atomic E-state index is 5.94. The first kappa shape index (κ1) is 13.5. The molecule has 3 N–H and O–H groups in total. The van der Waals surface area contributed by atoms with Crippen molar-refractivity contribution in [2.75, 3.05) is 11.1 Å². The lowest BCUT2D eigenvalue weighted by Gasteiger charge is -2.07. The summed E-state index contributed by atoms with van der Waals surface area (Å²) in [5, 5.41) is 7.87. The van der Waals surface area contributed by atoms with Gasteiger partial charge in [0.1, 0.15) is 12.7 Å². The highest BCUT2D eigenvalue weighted by atomic mass is 35.5. The van der Waals surface area contributed by atoms with E-state index in [0.29, 0.717) is 15.7 Å². The van der Waals surface area contributed by atoms with Crippen LogP contribution in [0, 0.1) is 0 Å². The van der Waals surface area contributed by atoms with E-state index in [1.54, 1.807) is 18.2 Å². The van der Waals surface area contributed by atoms with Crippen molar-refractivity contribution in [3.63, 3.8) is 0 Å². The van der Waals surface area contributed by atoms with Crippen molar-refractivity contribution in [1.82, 2.24) is 29.7 Å². The number of nitrogens with two attached hydrogens (primary N) is 1. The van der Waals surface area contributed by atoms with Crippen molar-refractivity contribution >= 4 is 40.8 Å². The van der Waals surface area contributed by atoms with Gasteiger partial charge in [-0.05, 0) is 18.2 Å². The zero-order chi connectivity index (χ0) is 14.8. The van der Waals surface area contributed by atoms with Gasteiger partial charge < -0.3 is 11.1 Å². The van der Waals surface area contributed by atoms with Crippen LogP contribution in [0.5, 0.6) is 0 Å². The molecule has 0 saturated carbocycles. The zero-order valence-corrected chi connectivity index (χ0v) is 11.9. The predicted molar refractivity (Wildman–Crippen MR) is 78.9 cm³/mol. The Labute approximate surface area is 129 Å². The Kier molecular flexibility index (Phi) is 3.55. The third-order valence-corrected chi connectivity index (χ3v) is 2.82. The minimum absolute atomic E-state index is 0.0473. The fourth-order valence-electron chi connectivity index (χ4n) is 1.61. The largest absolute Gasteiger partial charge is 0.368 e. The number of nitrogens with one attached hydrogen (secondary N) is 1. The molecular weight excluding hydrogens is 315 g/mol. The molecule has 10 heteroatoms. The van der Waals surface area contributed by atoms with Crippen LogP contribution in [0.4, 0.5) is 17.6 Å². The summed E-state index contributed by atoms with van der Waals surface area (Å²) in [4.78, 5) is 16.0. The summed E-state index contributed by atoms with van der Waals surface area (Å²) in [7, 11) is 0. The second kappa shape index (κ2) is 5.51. The van der Waals surface area contributed by atoms with Crippen LogP contribution in [-0.2, 0) is 0 Å². The fraction of sp³-hybridized carbons (Fsp3) is 0. The molecule has 2 aromatic heterocycles. The van der Waals surface area contributed by atoms with Crippen LogP contribution in [0.2, 0.25) is 10.0 Å². The van der Waals surface area contributed by atoms with Gasteiger partial charge in [0, 0.05) is 15.7 Å². The highest BCUT2D eigenvalue weighted by Gasteiger charge is 2.08. The highest BCUT2D eigenvalue weighted by Crippen LogP contribution is 2.24. The van der Waals surface area contributed by atoms with Crippen LogP contribution in [0.3, 0.4) is 0 Å². The summed E-state index contributed by atoms with van der Waals surface area (Å²) in [5.74, 6) is 0.535. The number of hydrogen-bond acceptors (Lipinski definition) is 7. The van der Waals surface area contributed by atoms with Crippen molar-refractivity contribution in [2.45, 2.75) is 0 Å². The number of anilines is 3. The van der Waals surface area contributed by atoms with E-state index < -0.39 is 0 Å². The Balaban J connectivity index is 1.95. The van der Waals surface area contributed by atoms with Gasteiger partial charge in [-0.25, -0.2) is 4.98 Å². The van der Waals surface area contributed by atoms with Crippen LogP contribution in [0.15, 0.2) is 30.9 Å². The van der Waals surface area contributed by atoms with Gasteiger partial charge in [0.15, 0.2) is 0 Å². The average Bonchev–Trinajstić information content (AvgIpc) is 2.90. The first-order valence-corrected chi connectivity index (χ1v) is 6.45. The van der Waals surface area contributed by atoms with E-state index in [4.69, 9.17) is 28.9 Å². The van der Waals surface area contributed by atoms with E-state index in [9.17, 15) is 0 Å². The normalized spacial score (nSPS) is 10.6. The summed E-state index contributed by atoms with van der Waals surface area (Å²) in [6.07, 6.45) is 2.82. The van der Waals surface area contributed by atoms with E-state index in [2.05, 4.69) is 30.4 Å². The second-order valence-electron chi connectivity index (χ2n) is 3.94. The minimum atomic E-state index is 0.0473. The third kappa shape index (κ3) is 3.18. The quantitative estimate of drug-likeness (QED) is 0.760. The highest BCUT2D eigenvalue weighted by molar-refractivity contribution is 6.35. The molecule has 0 radical (unpaired) electrons. The molecule has 21 heavy (non-hydrogen) atoms. The van der Waals surface area contributed by atoms with Crippen molar-refractivity contribution in [3.05, 3.63) is 40.9 Å². The average molecular weight is 323 g/mol. The summed E-state index contributed by atoms with van der Waals surface area (Å²) >= 11 is 11.9. The Morgan fingerprint density at radius 2 is 1.81 bits per heavy atom. The molecule has 0 spiro atoms. The standard InChI is InChI=1S/C11H8Cl2N8/c12-6-1-7(13)3-8(2-6)17-10-18-9(14)19-11(20-10)21-5-15-4-16-21/h1-5H,(H3,14,17,18,19,20). The Hall–Kier alpha value is -2.45. The van der Waals surface area contributed by atoms with Gasteiger partial charge in [0.25, 0.3) is 5.95 Å². The van der Waals surface area contributed by atoms with E-state index in [-0.39, 0.29) is 17.8 Å². The second-order valence-corrected chi connectivity index (χ2v) is 4.81. The van der Waals surface area contributed by atoms with Crippen LogP contribution in [0.25, 0.3) is 5.95 Å². The van der Waals surface area contributed by atoms with Gasteiger partial charge in [-0.1, -0.05) is 23.2 Å². The predicted octanol–water partition coefficient (Wildman–Crippen LogP) is 2.08.